The van der Waals surface area contributed by atoms with Crippen LogP contribution in [0.1, 0.15) is 27.1 Å². The molecule has 1 aliphatic carbocycles. The zero-order valence-electron chi connectivity index (χ0n) is 10.9. The Hall–Kier alpha value is -1.84. The van der Waals surface area contributed by atoms with Crippen LogP contribution in [0.5, 0.6) is 0 Å². The van der Waals surface area contributed by atoms with E-state index in [1.54, 1.807) is 42.5 Å². The predicted octanol–water partition coefficient (Wildman–Crippen LogP) is 4.24. The molecule has 0 aliphatic heterocycles. The standard InChI is InChI=1S/C16H11Cl2NO2/c17-12-6-5-9(7-13(12)18)19-14-8-15(20)10-3-1-2-4-11(10)16(14)21/h1-7,14,19H,8H2. The van der Waals surface area contributed by atoms with Crippen molar-refractivity contribution in [2.75, 3.05) is 5.32 Å². The smallest absolute Gasteiger partial charge is 0.186 e. The van der Waals surface area contributed by atoms with Gasteiger partial charge in [-0.25, -0.2) is 0 Å². The van der Waals surface area contributed by atoms with E-state index in [0.29, 0.717) is 26.9 Å². The Labute approximate surface area is 131 Å². The van der Waals surface area contributed by atoms with Gasteiger partial charge in [0.1, 0.15) is 0 Å². The second kappa shape index (κ2) is 5.51. The highest BCUT2D eigenvalue weighted by Gasteiger charge is 2.32. The lowest BCUT2D eigenvalue weighted by molar-refractivity contribution is 0.0877. The maximum Gasteiger partial charge on any atom is 0.186 e. The summed E-state index contributed by atoms with van der Waals surface area (Å²) in [6, 6.07) is 11.3. The summed E-state index contributed by atoms with van der Waals surface area (Å²) in [6.45, 7) is 0. The minimum atomic E-state index is -0.579. The van der Waals surface area contributed by atoms with Crippen molar-refractivity contribution in [3.8, 4) is 0 Å². The number of anilines is 1. The van der Waals surface area contributed by atoms with E-state index in [2.05, 4.69) is 5.32 Å². The van der Waals surface area contributed by atoms with Gasteiger partial charge in [0.15, 0.2) is 11.6 Å². The number of carbonyl (C=O) groups excluding carboxylic acids is 2. The Morgan fingerprint density at radius 1 is 0.952 bits per heavy atom. The van der Waals surface area contributed by atoms with Gasteiger partial charge in [0.25, 0.3) is 0 Å². The highest BCUT2D eigenvalue weighted by atomic mass is 35.5. The van der Waals surface area contributed by atoms with E-state index in [0.717, 1.165) is 0 Å². The number of halogens is 2. The SMILES string of the molecule is O=C1CC(Nc2ccc(Cl)c(Cl)c2)C(=O)c2ccccc21. The number of benzene rings is 2. The lowest BCUT2D eigenvalue weighted by Crippen LogP contribution is -2.37. The topological polar surface area (TPSA) is 46.2 Å². The van der Waals surface area contributed by atoms with Gasteiger partial charge in [0.05, 0.1) is 16.1 Å². The summed E-state index contributed by atoms with van der Waals surface area (Å²) >= 11 is 11.8. The van der Waals surface area contributed by atoms with E-state index in [9.17, 15) is 9.59 Å². The van der Waals surface area contributed by atoms with Crippen molar-refractivity contribution in [1.29, 1.82) is 0 Å². The van der Waals surface area contributed by atoms with Crippen LogP contribution in [0.25, 0.3) is 0 Å². The molecule has 0 spiro atoms. The van der Waals surface area contributed by atoms with Crippen LogP contribution in [0.15, 0.2) is 42.5 Å². The van der Waals surface area contributed by atoms with Crippen molar-refractivity contribution < 1.29 is 9.59 Å². The fraction of sp³-hybridized carbons (Fsp3) is 0.125. The monoisotopic (exact) mass is 319 g/mol. The molecule has 5 heteroatoms. The second-order valence-electron chi connectivity index (χ2n) is 4.86. The summed E-state index contributed by atoms with van der Waals surface area (Å²) in [5.74, 6) is -0.126. The summed E-state index contributed by atoms with van der Waals surface area (Å²) in [7, 11) is 0. The van der Waals surface area contributed by atoms with Crippen LogP contribution in [0.3, 0.4) is 0 Å². The highest BCUT2D eigenvalue weighted by Crippen LogP contribution is 2.28. The summed E-state index contributed by atoms with van der Waals surface area (Å²) in [4.78, 5) is 24.6. The van der Waals surface area contributed by atoms with Crippen LogP contribution in [-0.4, -0.2) is 17.6 Å². The van der Waals surface area contributed by atoms with Crippen LogP contribution < -0.4 is 5.32 Å². The molecule has 2 aromatic carbocycles. The third-order valence-corrected chi connectivity index (χ3v) is 4.20. The predicted molar refractivity (Wildman–Crippen MR) is 83.6 cm³/mol. The van der Waals surface area contributed by atoms with Gasteiger partial charge in [-0.2, -0.15) is 0 Å². The molecule has 0 aromatic heterocycles. The van der Waals surface area contributed by atoms with Crippen molar-refractivity contribution in [2.45, 2.75) is 12.5 Å². The van der Waals surface area contributed by atoms with Gasteiger partial charge in [-0.05, 0) is 18.2 Å². The first-order valence-corrected chi connectivity index (χ1v) is 7.20. The van der Waals surface area contributed by atoms with E-state index in [-0.39, 0.29) is 18.0 Å². The number of nitrogens with one attached hydrogen (secondary N) is 1. The summed E-state index contributed by atoms with van der Waals surface area (Å²) in [6.07, 6.45) is 0.135. The third kappa shape index (κ3) is 2.67. The van der Waals surface area contributed by atoms with Crippen molar-refractivity contribution >= 4 is 40.5 Å². The number of ketones is 2. The largest absolute Gasteiger partial charge is 0.375 e. The summed E-state index contributed by atoms with van der Waals surface area (Å²) < 4.78 is 0. The lowest BCUT2D eigenvalue weighted by Gasteiger charge is -2.24. The normalized spacial score (nSPS) is 17.5. The second-order valence-corrected chi connectivity index (χ2v) is 5.68. The van der Waals surface area contributed by atoms with Crippen LogP contribution in [0.4, 0.5) is 5.69 Å². The number of rotatable bonds is 2. The molecule has 21 heavy (non-hydrogen) atoms. The minimum Gasteiger partial charge on any atom is -0.375 e. The Morgan fingerprint density at radius 2 is 1.67 bits per heavy atom. The van der Waals surface area contributed by atoms with Gasteiger partial charge < -0.3 is 5.32 Å². The first kappa shape index (κ1) is 14.1. The molecule has 106 valence electrons. The number of carbonyl (C=O) groups is 2. The molecule has 0 bridgehead atoms. The first-order valence-electron chi connectivity index (χ1n) is 6.44. The molecule has 0 radical (unpaired) electrons. The van der Waals surface area contributed by atoms with Crippen molar-refractivity contribution in [1.82, 2.24) is 0 Å². The number of Topliss-reactive ketones (excluding diaryl/α,β-unsaturated/α-hetero) is 2. The quantitative estimate of drug-likeness (QED) is 0.900. The van der Waals surface area contributed by atoms with E-state index in [1.807, 2.05) is 0 Å². The maximum atomic E-state index is 12.4. The molecule has 0 heterocycles. The van der Waals surface area contributed by atoms with Gasteiger partial charge in [-0.15, -0.1) is 0 Å². The molecule has 1 unspecified atom stereocenters. The summed E-state index contributed by atoms with van der Waals surface area (Å²) in [5.41, 5.74) is 1.62. The molecule has 1 aliphatic rings. The Kier molecular flexibility index (Phi) is 3.70. The third-order valence-electron chi connectivity index (χ3n) is 3.46. The molecular formula is C16H11Cl2NO2. The van der Waals surface area contributed by atoms with Gasteiger partial charge in [0, 0.05) is 23.2 Å². The Balaban J connectivity index is 1.89. The number of hydrogen-bond acceptors (Lipinski definition) is 3. The fourth-order valence-corrected chi connectivity index (χ4v) is 2.72. The van der Waals surface area contributed by atoms with Gasteiger partial charge in [0.2, 0.25) is 0 Å². The molecule has 0 saturated carbocycles. The van der Waals surface area contributed by atoms with E-state index in [4.69, 9.17) is 23.2 Å². The van der Waals surface area contributed by atoms with E-state index < -0.39 is 6.04 Å². The summed E-state index contributed by atoms with van der Waals surface area (Å²) in [5, 5.41) is 3.90. The van der Waals surface area contributed by atoms with Gasteiger partial charge in [-0.3, -0.25) is 9.59 Å². The molecule has 1 N–H and O–H groups in total. The van der Waals surface area contributed by atoms with E-state index in [1.165, 1.54) is 0 Å². The van der Waals surface area contributed by atoms with E-state index >= 15 is 0 Å². The fourth-order valence-electron chi connectivity index (χ4n) is 2.42. The van der Waals surface area contributed by atoms with Gasteiger partial charge in [-0.1, -0.05) is 47.5 Å². The van der Waals surface area contributed by atoms with Crippen molar-refractivity contribution in [3.63, 3.8) is 0 Å². The highest BCUT2D eigenvalue weighted by molar-refractivity contribution is 6.42. The zero-order valence-corrected chi connectivity index (χ0v) is 12.4. The Bertz CT molecular complexity index is 743. The maximum absolute atomic E-state index is 12.4. The lowest BCUT2D eigenvalue weighted by atomic mass is 9.86. The zero-order chi connectivity index (χ0) is 15.0. The molecular weight excluding hydrogens is 309 g/mol. The Morgan fingerprint density at radius 3 is 2.38 bits per heavy atom. The molecule has 3 nitrogen and oxygen atoms in total. The molecule has 0 amide bonds. The van der Waals surface area contributed by atoms with Crippen LogP contribution in [0.2, 0.25) is 10.0 Å². The average Bonchev–Trinajstić information content (AvgIpc) is 2.48. The molecule has 1 atom stereocenters. The molecule has 0 saturated heterocycles. The van der Waals surface area contributed by atoms with Crippen molar-refractivity contribution in [3.05, 3.63) is 63.6 Å². The molecule has 3 rings (SSSR count). The number of hydrogen-bond donors (Lipinski definition) is 1. The first-order chi connectivity index (χ1) is 10.1. The molecule has 0 fully saturated rings. The minimum absolute atomic E-state index is 0.0391. The number of fused-ring (bicyclic) bond motifs is 1. The van der Waals surface area contributed by atoms with Crippen molar-refractivity contribution in [2.24, 2.45) is 0 Å². The van der Waals surface area contributed by atoms with Gasteiger partial charge >= 0.3 is 0 Å². The van der Waals surface area contributed by atoms with Crippen LogP contribution in [-0.2, 0) is 0 Å². The average molecular weight is 320 g/mol. The van der Waals surface area contributed by atoms with Crippen LogP contribution in [0, 0.1) is 0 Å². The molecule has 2 aromatic rings. The van der Waals surface area contributed by atoms with Crippen LogP contribution >= 0.6 is 23.2 Å².